The summed E-state index contributed by atoms with van der Waals surface area (Å²) >= 11 is 5.87. The molecular formula is C22H23ClF3N3O3S. The van der Waals surface area contributed by atoms with Crippen LogP contribution in [0.4, 0.5) is 19.0 Å². The molecule has 33 heavy (non-hydrogen) atoms. The van der Waals surface area contributed by atoms with Crippen LogP contribution in [0.1, 0.15) is 30.5 Å². The van der Waals surface area contributed by atoms with Crippen molar-refractivity contribution in [1.82, 2.24) is 9.29 Å². The quantitative estimate of drug-likeness (QED) is 0.680. The summed E-state index contributed by atoms with van der Waals surface area (Å²) in [7, 11) is -1.51. The fourth-order valence-corrected chi connectivity index (χ4v) is 6.58. The Kier molecular flexibility index (Phi) is 6.45. The van der Waals surface area contributed by atoms with E-state index < -0.39 is 39.6 Å². The highest BCUT2D eigenvalue weighted by atomic mass is 35.5. The van der Waals surface area contributed by atoms with Gasteiger partial charge in [-0.2, -0.15) is 13.2 Å². The van der Waals surface area contributed by atoms with Gasteiger partial charge in [-0.3, -0.25) is 4.79 Å². The monoisotopic (exact) mass is 501 g/mol. The summed E-state index contributed by atoms with van der Waals surface area (Å²) in [5.41, 5.74) is 0.767. The summed E-state index contributed by atoms with van der Waals surface area (Å²) in [5, 5.41) is 8.99. The zero-order chi connectivity index (χ0) is 24.1. The maximum Gasteiger partial charge on any atom is 0.419 e. The largest absolute Gasteiger partial charge is 0.481 e. The lowest BCUT2D eigenvalue weighted by Crippen LogP contribution is -2.57. The van der Waals surface area contributed by atoms with E-state index in [-0.39, 0.29) is 12.1 Å². The highest BCUT2D eigenvalue weighted by Gasteiger charge is 2.38. The molecular weight excluding hydrogens is 479 g/mol. The molecule has 1 saturated heterocycles. The molecule has 1 fully saturated rings. The third-order valence-corrected chi connectivity index (χ3v) is 8.36. The standard InChI is InChI=1S/C22H23ClF3N3O3S/c1-12-10-28(20-8-18(23)17(9-27-20)22(24,25)26)11-13(2)29(12)33(32)19-5-3-4-14-6-15(21(30)31)7-16(14)19/h3-5,8-9,12-13,15H,6-7,10-11H2,1-2H3,(H,30,31). The molecule has 1 aromatic heterocycles. The normalized spacial score (nSPS) is 24.5. The van der Waals surface area contributed by atoms with Crippen LogP contribution in [-0.2, 0) is 34.8 Å². The van der Waals surface area contributed by atoms with Crippen LogP contribution in [0, 0.1) is 5.92 Å². The van der Waals surface area contributed by atoms with E-state index >= 15 is 0 Å². The Morgan fingerprint density at radius 1 is 1.21 bits per heavy atom. The molecule has 4 unspecified atom stereocenters. The van der Waals surface area contributed by atoms with Gasteiger partial charge in [0.25, 0.3) is 0 Å². The predicted octanol–water partition coefficient (Wildman–Crippen LogP) is 4.18. The number of fused-ring (bicyclic) bond motifs is 1. The van der Waals surface area contributed by atoms with E-state index in [1.54, 1.807) is 12.1 Å². The number of benzene rings is 1. The van der Waals surface area contributed by atoms with E-state index in [0.717, 1.165) is 17.3 Å². The summed E-state index contributed by atoms with van der Waals surface area (Å²) in [6.07, 6.45) is -3.06. The molecule has 1 aliphatic carbocycles. The van der Waals surface area contributed by atoms with Crippen molar-refractivity contribution in [2.24, 2.45) is 5.92 Å². The Hall–Kier alpha value is -2.17. The molecule has 0 amide bonds. The number of carboxylic acid groups (broad SMARTS) is 1. The molecule has 178 valence electrons. The number of anilines is 1. The van der Waals surface area contributed by atoms with Crippen molar-refractivity contribution in [3.8, 4) is 0 Å². The first kappa shape index (κ1) is 24.0. The van der Waals surface area contributed by atoms with Crippen LogP contribution in [0.2, 0.25) is 5.02 Å². The number of aromatic nitrogens is 1. The van der Waals surface area contributed by atoms with Crippen molar-refractivity contribution in [3.63, 3.8) is 0 Å². The van der Waals surface area contributed by atoms with E-state index in [2.05, 4.69) is 4.98 Å². The lowest BCUT2D eigenvalue weighted by molar-refractivity contribution is -0.141. The molecule has 0 spiro atoms. The first-order valence-corrected chi connectivity index (χ1v) is 12.0. The zero-order valence-electron chi connectivity index (χ0n) is 18.0. The average molecular weight is 502 g/mol. The molecule has 2 heterocycles. The molecule has 2 aliphatic rings. The zero-order valence-corrected chi connectivity index (χ0v) is 19.5. The van der Waals surface area contributed by atoms with Gasteiger partial charge in [-0.25, -0.2) is 13.5 Å². The second-order valence-corrected chi connectivity index (χ2v) is 10.3. The van der Waals surface area contributed by atoms with Crippen LogP contribution in [0.3, 0.4) is 0 Å². The van der Waals surface area contributed by atoms with Gasteiger partial charge in [0, 0.05) is 31.4 Å². The van der Waals surface area contributed by atoms with Gasteiger partial charge < -0.3 is 10.0 Å². The van der Waals surface area contributed by atoms with Gasteiger partial charge in [-0.1, -0.05) is 23.7 Å². The van der Waals surface area contributed by atoms with Gasteiger partial charge in [0.2, 0.25) is 0 Å². The SMILES string of the molecule is CC1CN(c2cc(Cl)c(C(F)(F)F)cn2)CC(C)N1S(=O)c1cccc2c1CC(C(=O)O)C2. The Labute approximate surface area is 196 Å². The fourth-order valence-electron chi connectivity index (χ4n) is 4.69. The lowest BCUT2D eigenvalue weighted by atomic mass is 10.1. The number of carbonyl (C=O) groups is 1. The van der Waals surface area contributed by atoms with Crippen molar-refractivity contribution in [3.05, 3.63) is 52.2 Å². The number of aliphatic carboxylic acids is 1. The molecule has 0 saturated carbocycles. The highest BCUT2D eigenvalue weighted by Crippen LogP contribution is 2.37. The van der Waals surface area contributed by atoms with E-state index in [9.17, 15) is 27.3 Å². The van der Waals surface area contributed by atoms with Crippen molar-refractivity contribution in [1.29, 1.82) is 0 Å². The number of hydrogen-bond donors (Lipinski definition) is 1. The van der Waals surface area contributed by atoms with Gasteiger partial charge in [0.05, 0.1) is 21.4 Å². The highest BCUT2D eigenvalue weighted by molar-refractivity contribution is 7.82. The fraction of sp³-hybridized carbons (Fsp3) is 0.455. The molecule has 2 aromatic rings. The summed E-state index contributed by atoms with van der Waals surface area (Å²) in [6, 6.07) is 6.27. The number of rotatable bonds is 4. The van der Waals surface area contributed by atoms with Crippen LogP contribution in [0.25, 0.3) is 0 Å². The van der Waals surface area contributed by atoms with E-state index in [1.807, 2.05) is 29.1 Å². The minimum Gasteiger partial charge on any atom is -0.481 e. The molecule has 4 atom stereocenters. The van der Waals surface area contributed by atoms with E-state index in [1.165, 1.54) is 6.07 Å². The summed E-state index contributed by atoms with van der Waals surface area (Å²) in [4.78, 5) is 17.9. The van der Waals surface area contributed by atoms with Gasteiger partial charge in [-0.05, 0) is 49.9 Å². The van der Waals surface area contributed by atoms with Crippen LogP contribution in [-0.4, -0.2) is 49.7 Å². The third kappa shape index (κ3) is 4.61. The summed E-state index contributed by atoms with van der Waals surface area (Å²) in [5.74, 6) is -1.04. The van der Waals surface area contributed by atoms with Gasteiger partial charge >= 0.3 is 12.1 Å². The van der Waals surface area contributed by atoms with Crippen LogP contribution < -0.4 is 4.90 Å². The van der Waals surface area contributed by atoms with Crippen molar-refractivity contribution in [2.45, 2.75) is 49.8 Å². The summed E-state index contributed by atoms with van der Waals surface area (Å²) in [6.45, 7) is 4.60. The number of nitrogens with zero attached hydrogens (tertiary/aromatic N) is 3. The van der Waals surface area contributed by atoms with Gasteiger partial charge in [0.1, 0.15) is 16.8 Å². The minimum absolute atomic E-state index is 0.204. The Balaban J connectivity index is 1.55. The van der Waals surface area contributed by atoms with Gasteiger partial charge in [0.15, 0.2) is 0 Å². The van der Waals surface area contributed by atoms with Gasteiger partial charge in [-0.15, -0.1) is 0 Å². The second kappa shape index (κ2) is 8.88. The molecule has 0 radical (unpaired) electrons. The Bertz CT molecular complexity index is 1100. The lowest BCUT2D eigenvalue weighted by Gasteiger charge is -2.44. The Morgan fingerprint density at radius 2 is 1.88 bits per heavy atom. The number of pyridine rings is 1. The van der Waals surface area contributed by atoms with Crippen LogP contribution in [0.5, 0.6) is 0 Å². The molecule has 1 aliphatic heterocycles. The van der Waals surface area contributed by atoms with Crippen molar-refractivity contribution in [2.75, 3.05) is 18.0 Å². The number of carboxylic acids is 1. The smallest absolute Gasteiger partial charge is 0.419 e. The third-order valence-electron chi connectivity index (χ3n) is 6.18. The second-order valence-electron chi connectivity index (χ2n) is 8.57. The van der Waals surface area contributed by atoms with E-state index in [4.69, 9.17) is 11.6 Å². The topological polar surface area (TPSA) is 73.7 Å². The first-order chi connectivity index (χ1) is 15.5. The molecule has 11 heteroatoms. The number of hydrogen-bond acceptors (Lipinski definition) is 4. The molecule has 1 aromatic carbocycles. The number of alkyl halides is 3. The number of piperazine rings is 1. The van der Waals surface area contributed by atoms with E-state index in [0.29, 0.717) is 36.6 Å². The van der Waals surface area contributed by atoms with Crippen molar-refractivity contribution >= 4 is 34.4 Å². The molecule has 6 nitrogen and oxygen atoms in total. The Morgan fingerprint density at radius 3 is 2.45 bits per heavy atom. The average Bonchev–Trinajstić information content (AvgIpc) is 3.17. The molecule has 1 N–H and O–H groups in total. The first-order valence-electron chi connectivity index (χ1n) is 10.5. The maximum absolute atomic E-state index is 13.6. The van der Waals surface area contributed by atoms with Crippen LogP contribution in [0.15, 0.2) is 35.4 Å². The predicted molar refractivity (Wildman–Crippen MR) is 119 cm³/mol. The summed E-state index contributed by atoms with van der Waals surface area (Å²) < 4.78 is 54.5. The minimum atomic E-state index is -4.58. The van der Waals surface area contributed by atoms with Crippen molar-refractivity contribution < 1.29 is 27.3 Å². The van der Waals surface area contributed by atoms with Crippen LogP contribution >= 0.6 is 11.6 Å². The number of halogens is 4. The molecule has 4 rings (SSSR count). The maximum atomic E-state index is 13.6. The molecule has 0 bridgehead atoms.